The summed E-state index contributed by atoms with van der Waals surface area (Å²) in [5.41, 5.74) is 12.1. The van der Waals surface area contributed by atoms with Crippen LogP contribution in [0.1, 0.15) is 48.4 Å². The SMILES string of the molecule is CCn1nc2c3c1-c1cnc(N)c(c1)O[C@H](C)c1cc(F)ccc1-c1ncccc1C3NC(=O)C2. The van der Waals surface area contributed by atoms with Gasteiger partial charge in [-0.15, -0.1) is 0 Å². The van der Waals surface area contributed by atoms with E-state index < -0.39 is 12.1 Å². The van der Waals surface area contributed by atoms with Gasteiger partial charge in [0.05, 0.1) is 29.5 Å². The minimum atomic E-state index is -0.554. The van der Waals surface area contributed by atoms with Crippen molar-refractivity contribution >= 4 is 11.7 Å². The van der Waals surface area contributed by atoms with Crippen molar-refractivity contribution in [3.05, 3.63) is 77.0 Å². The Hall–Kier alpha value is -4.27. The number of aryl methyl sites for hydroxylation is 1. The van der Waals surface area contributed by atoms with Crippen LogP contribution in [0, 0.1) is 5.82 Å². The number of pyridine rings is 2. The van der Waals surface area contributed by atoms with Gasteiger partial charge in [-0.05, 0) is 44.2 Å². The fourth-order valence-corrected chi connectivity index (χ4v) is 5.06. The van der Waals surface area contributed by atoms with Crippen LogP contribution in [0.15, 0.2) is 48.8 Å². The molecule has 6 rings (SSSR count). The Bertz CT molecular complexity index is 1500. The molecule has 3 aromatic heterocycles. The second-order valence-electron chi connectivity index (χ2n) is 8.74. The van der Waals surface area contributed by atoms with Crippen LogP contribution in [0.2, 0.25) is 0 Å². The number of hydrogen-bond donors (Lipinski definition) is 2. The van der Waals surface area contributed by atoms with Gasteiger partial charge in [0.15, 0.2) is 11.6 Å². The van der Waals surface area contributed by atoms with E-state index in [-0.39, 0.29) is 24.0 Å². The van der Waals surface area contributed by atoms with Crippen LogP contribution < -0.4 is 15.8 Å². The number of nitrogens with one attached hydrogen (secondary N) is 1. The number of amides is 1. The van der Waals surface area contributed by atoms with Crippen LogP contribution in [0.5, 0.6) is 5.75 Å². The third kappa shape index (κ3) is 3.34. The summed E-state index contributed by atoms with van der Waals surface area (Å²) in [6.07, 6.45) is 3.00. The molecule has 1 aromatic carbocycles. The first-order chi connectivity index (χ1) is 16.9. The van der Waals surface area contributed by atoms with Gasteiger partial charge in [-0.3, -0.25) is 14.5 Å². The average Bonchev–Trinajstić information content (AvgIpc) is 3.22. The van der Waals surface area contributed by atoms with Crippen LogP contribution in [-0.2, 0) is 17.8 Å². The number of carbonyl (C=O) groups is 1. The first-order valence-electron chi connectivity index (χ1n) is 11.5. The number of nitrogens with zero attached hydrogens (tertiary/aromatic N) is 4. The molecule has 3 N–H and O–H groups in total. The van der Waals surface area contributed by atoms with E-state index in [4.69, 9.17) is 15.6 Å². The van der Waals surface area contributed by atoms with Crippen molar-refractivity contribution in [3.8, 4) is 28.3 Å². The molecule has 0 saturated carbocycles. The van der Waals surface area contributed by atoms with E-state index in [1.54, 1.807) is 18.5 Å². The van der Waals surface area contributed by atoms with Gasteiger partial charge in [-0.2, -0.15) is 5.10 Å². The summed E-state index contributed by atoms with van der Waals surface area (Å²) < 4.78 is 22.5. The predicted octanol–water partition coefficient (Wildman–Crippen LogP) is 3.96. The van der Waals surface area contributed by atoms with Crippen LogP contribution >= 0.6 is 0 Å². The van der Waals surface area contributed by atoms with Gasteiger partial charge >= 0.3 is 0 Å². The van der Waals surface area contributed by atoms with Gasteiger partial charge in [0.2, 0.25) is 5.91 Å². The topological polar surface area (TPSA) is 108 Å². The number of nitrogen functional groups attached to an aromatic ring is 1. The minimum absolute atomic E-state index is 0.121. The molecule has 1 amide bonds. The van der Waals surface area contributed by atoms with E-state index >= 15 is 0 Å². The molecule has 2 aliphatic rings. The van der Waals surface area contributed by atoms with Gasteiger partial charge in [-0.25, -0.2) is 9.37 Å². The van der Waals surface area contributed by atoms with E-state index in [2.05, 4.69) is 15.3 Å². The van der Waals surface area contributed by atoms with Gasteiger partial charge in [-0.1, -0.05) is 6.07 Å². The zero-order valence-corrected chi connectivity index (χ0v) is 19.2. The van der Waals surface area contributed by atoms with Crippen molar-refractivity contribution in [2.75, 3.05) is 5.73 Å². The molecule has 9 heteroatoms. The van der Waals surface area contributed by atoms with Gasteiger partial charge in [0, 0.05) is 46.8 Å². The number of anilines is 1. The summed E-state index contributed by atoms with van der Waals surface area (Å²) in [5, 5.41) is 7.93. The fourth-order valence-electron chi connectivity index (χ4n) is 5.06. The third-order valence-electron chi connectivity index (χ3n) is 6.60. The van der Waals surface area contributed by atoms with Crippen molar-refractivity contribution in [3.63, 3.8) is 0 Å². The minimum Gasteiger partial charge on any atom is -0.482 e. The Morgan fingerprint density at radius 1 is 1.23 bits per heavy atom. The number of fused-ring (bicyclic) bond motifs is 7. The van der Waals surface area contributed by atoms with Crippen LogP contribution in [0.25, 0.3) is 22.5 Å². The van der Waals surface area contributed by atoms with Crippen molar-refractivity contribution in [2.24, 2.45) is 0 Å². The average molecular weight is 471 g/mol. The van der Waals surface area contributed by atoms with Gasteiger partial charge in [0.25, 0.3) is 0 Å². The lowest BCUT2D eigenvalue weighted by Crippen LogP contribution is -2.36. The molecule has 4 aromatic rings. The molecule has 1 unspecified atom stereocenters. The first kappa shape index (κ1) is 21.3. The number of rotatable bonds is 1. The van der Waals surface area contributed by atoms with Gasteiger partial charge in [0.1, 0.15) is 11.9 Å². The normalized spacial score (nSPS) is 18.2. The van der Waals surface area contributed by atoms with Crippen LogP contribution in [0.4, 0.5) is 10.2 Å². The number of benzene rings is 1. The Morgan fingerprint density at radius 2 is 2.09 bits per heavy atom. The smallest absolute Gasteiger partial charge is 0.226 e. The number of halogens is 1. The second kappa shape index (κ2) is 7.90. The molecule has 2 bridgehead atoms. The Labute approximate surface area is 201 Å². The summed E-state index contributed by atoms with van der Waals surface area (Å²) in [6, 6.07) is 9.65. The van der Waals surface area contributed by atoms with Gasteiger partial charge < -0.3 is 15.8 Å². The first-order valence-corrected chi connectivity index (χ1v) is 11.5. The van der Waals surface area contributed by atoms with Crippen molar-refractivity contribution in [1.82, 2.24) is 25.1 Å². The molecule has 176 valence electrons. The Kier molecular flexibility index (Phi) is 4.80. The third-order valence-corrected chi connectivity index (χ3v) is 6.60. The van der Waals surface area contributed by atoms with Crippen molar-refractivity contribution in [2.45, 2.75) is 39.0 Å². The van der Waals surface area contributed by atoms with E-state index in [1.165, 1.54) is 12.1 Å². The summed E-state index contributed by atoms with van der Waals surface area (Å²) in [7, 11) is 0. The van der Waals surface area contributed by atoms with E-state index in [0.717, 1.165) is 22.4 Å². The molecule has 0 spiro atoms. The highest BCUT2D eigenvalue weighted by Crippen LogP contribution is 2.43. The highest BCUT2D eigenvalue weighted by Gasteiger charge is 2.36. The highest BCUT2D eigenvalue weighted by atomic mass is 19.1. The number of carbonyl (C=O) groups excluding carboxylic acids is 1. The Morgan fingerprint density at radius 3 is 2.91 bits per heavy atom. The molecule has 5 heterocycles. The molecule has 2 atom stereocenters. The molecule has 0 radical (unpaired) electrons. The summed E-state index contributed by atoms with van der Waals surface area (Å²) in [6.45, 7) is 4.43. The monoisotopic (exact) mass is 470 g/mol. The highest BCUT2D eigenvalue weighted by molar-refractivity contribution is 5.85. The number of nitrogens with two attached hydrogens (primary N) is 1. The van der Waals surface area contributed by atoms with Crippen LogP contribution in [-0.4, -0.2) is 25.7 Å². The largest absolute Gasteiger partial charge is 0.482 e. The number of ether oxygens (including phenoxy) is 1. The predicted molar refractivity (Wildman–Crippen MR) is 128 cm³/mol. The molecule has 8 nitrogen and oxygen atoms in total. The van der Waals surface area contributed by atoms with E-state index in [1.807, 2.05) is 36.7 Å². The Balaban J connectivity index is 1.73. The molecular weight excluding hydrogens is 447 g/mol. The maximum absolute atomic E-state index is 14.4. The maximum Gasteiger partial charge on any atom is 0.226 e. The summed E-state index contributed by atoms with van der Waals surface area (Å²) >= 11 is 0. The lowest BCUT2D eigenvalue weighted by Gasteiger charge is -2.28. The fraction of sp³-hybridized carbons (Fsp3) is 0.231. The number of aromatic nitrogens is 4. The lowest BCUT2D eigenvalue weighted by atomic mass is 9.87. The zero-order chi connectivity index (χ0) is 24.3. The standard InChI is InChI=1S/C26H23FN6O2/c1-3-33-25-14-9-20(26(28)30-12-14)35-13(2)18-10-15(27)6-7-16(18)23-17(5-4-8-29-23)24-22(25)19(32-33)11-21(34)31-24/h4-10,12-13,24H,3,11H2,1-2H3,(H2,28,30)(H,31,34)/t13-,24?/m1/s1. The number of hydrogen-bond acceptors (Lipinski definition) is 6. The molecule has 0 fully saturated rings. The maximum atomic E-state index is 14.4. The lowest BCUT2D eigenvalue weighted by molar-refractivity contribution is -0.121. The van der Waals surface area contributed by atoms with Crippen molar-refractivity contribution in [1.29, 1.82) is 0 Å². The van der Waals surface area contributed by atoms with Crippen molar-refractivity contribution < 1.29 is 13.9 Å². The quantitative estimate of drug-likeness (QED) is 0.436. The van der Waals surface area contributed by atoms with E-state index in [9.17, 15) is 9.18 Å². The second-order valence-corrected chi connectivity index (χ2v) is 8.74. The van der Waals surface area contributed by atoms with Crippen LogP contribution in [0.3, 0.4) is 0 Å². The molecule has 35 heavy (non-hydrogen) atoms. The summed E-state index contributed by atoms with van der Waals surface area (Å²) in [5.74, 6) is 0.115. The molecule has 2 aliphatic heterocycles. The summed E-state index contributed by atoms with van der Waals surface area (Å²) in [4.78, 5) is 21.9. The zero-order valence-electron chi connectivity index (χ0n) is 19.2. The van der Waals surface area contributed by atoms with E-state index in [0.29, 0.717) is 34.8 Å². The molecule has 0 saturated heterocycles. The molecular formula is C26H23FN6O2. The molecule has 0 aliphatic carbocycles.